The summed E-state index contributed by atoms with van der Waals surface area (Å²) in [5, 5.41) is 6.23. The maximum absolute atomic E-state index is 5.38. The predicted molar refractivity (Wildman–Crippen MR) is 238 cm³/mol. The summed E-state index contributed by atoms with van der Waals surface area (Å²) in [7, 11) is 0. The molecular formula is C52H32N4S. The minimum Gasteiger partial charge on any atom is -0.246 e. The molecule has 8 aromatic carbocycles. The van der Waals surface area contributed by atoms with Gasteiger partial charge in [0.2, 0.25) is 0 Å². The first-order valence-electron chi connectivity index (χ1n) is 19.0. The highest BCUT2D eigenvalue weighted by molar-refractivity contribution is 7.26. The first-order valence-corrected chi connectivity index (χ1v) is 19.9. The van der Waals surface area contributed by atoms with E-state index in [1.807, 2.05) is 47.7 Å². The summed E-state index contributed by atoms with van der Waals surface area (Å²) in [6.07, 6.45) is 0. The zero-order valence-corrected chi connectivity index (χ0v) is 31.5. The van der Waals surface area contributed by atoms with E-state index in [1.54, 1.807) is 0 Å². The fourth-order valence-corrected chi connectivity index (χ4v) is 9.14. The Balaban J connectivity index is 0.998. The highest BCUT2D eigenvalue weighted by Crippen LogP contribution is 2.45. The van der Waals surface area contributed by atoms with Crippen LogP contribution in [0.3, 0.4) is 0 Å². The van der Waals surface area contributed by atoms with Gasteiger partial charge in [-0.3, -0.25) is 0 Å². The van der Waals surface area contributed by atoms with Gasteiger partial charge in [-0.05, 0) is 57.3 Å². The number of aromatic nitrogens is 4. The molecule has 57 heavy (non-hydrogen) atoms. The van der Waals surface area contributed by atoms with E-state index in [9.17, 15) is 0 Å². The standard InChI is InChI=1S/C52H32N4S/c1-3-13-33(14-4-1)39-19-12-21-41(32-39)52-55-50(36-16-5-2-6-17-36)54-51(56-52)37-27-25-34(26-28-37)38-18-11-20-40(31-38)48-49-47(43-23-9-10-24-45(43)57-49)46-42-22-8-7-15-35(42)29-30-44(46)53-48/h1-32H. The molecule has 0 bridgehead atoms. The topological polar surface area (TPSA) is 51.6 Å². The average molecular weight is 745 g/mol. The maximum atomic E-state index is 5.38. The molecule has 0 unspecified atom stereocenters. The van der Waals surface area contributed by atoms with Crippen molar-refractivity contribution in [2.24, 2.45) is 0 Å². The van der Waals surface area contributed by atoms with Gasteiger partial charge in [-0.25, -0.2) is 19.9 Å². The fourth-order valence-electron chi connectivity index (χ4n) is 7.92. The Morgan fingerprint density at radius 2 is 0.825 bits per heavy atom. The van der Waals surface area contributed by atoms with Crippen LogP contribution in [0.5, 0.6) is 0 Å². The van der Waals surface area contributed by atoms with Crippen molar-refractivity contribution in [2.75, 3.05) is 0 Å². The van der Waals surface area contributed by atoms with Crippen LogP contribution in [0.15, 0.2) is 194 Å². The lowest BCUT2D eigenvalue weighted by atomic mass is 9.97. The van der Waals surface area contributed by atoms with E-state index in [-0.39, 0.29) is 0 Å². The van der Waals surface area contributed by atoms with Crippen LogP contribution in [0, 0.1) is 0 Å². The third kappa shape index (κ3) is 5.93. The number of fused-ring (bicyclic) bond motifs is 7. The Morgan fingerprint density at radius 3 is 1.56 bits per heavy atom. The number of rotatable bonds is 6. The lowest BCUT2D eigenvalue weighted by Gasteiger charge is -2.12. The zero-order chi connectivity index (χ0) is 37.7. The number of benzene rings is 8. The highest BCUT2D eigenvalue weighted by Gasteiger charge is 2.19. The van der Waals surface area contributed by atoms with Gasteiger partial charge in [-0.15, -0.1) is 11.3 Å². The quantitative estimate of drug-likeness (QED) is 0.159. The van der Waals surface area contributed by atoms with Gasteiger partial charge in [0.15, 0.2) is 17.5 Å². The van der Waals surface area contributed by atoms with E-state index in [0.29, 0.717) is 17.5 Å². The molecule has 0 atom stereocenters. The van der Waals surface area contributed by atoms with Crippen LogP contribution in [-0.4, -0.2) is 19.9 Å². The molecule has 266 valence electrons. The molecule has 0 spiro atoms. The van der Waals surface area contributed by atoms with Gasteiger partial charge in [-0.2, -0.15) is 0 Å². The highest BCUT2D eigenvalue weighted by atomic mass is 32.1. The molecule has 0 fully saturated rings. The fraction of sp³-hybridized carbons (Fsp3) is 0. The maximum Gasteiger partial charge on any atom is 0.164 e. The van der Waals surface area contributed by atoms with Gasteiger partial charge in [0.25, 0.3) is 0 Å². The lowest BCUT2D eigenvalue weighted by molar-refractivity contribution is 1.07. The van der Waals surface area contributed by atoms with Gasteiger partial charge in [0.1, 0.15) is 0 Å². The van der Waals surface area contributed by atoms with Crippen LogP contribution in [0.25, 0.3) is 110 Å². The Kier molecular flexibility index (Phi) is 7.97. The summed E-state index contributed by atoms with van der Waals surface area (Å²) in [5.41, 5.74) is 10.4. The van der Waals surface area contributed by atoms with E-state index in [0.717, 1.165) is 55.7 Å². The zero-order valence-electron chi connectivity index (χ0n) is 30.7. The minimum absolute atomic E-state index is 0.629. The van der Waals surface area contributed by atoms with Crippen molar-refractivity contribution in [1.82, 2.24) is 19.9 Å². The van der Waals surface area contributed by atoms with Crippen LogP contribution >= 0.6 is 11.3 Å². The number of pyridine rings is 1. The molecule has 0 aliphatic rings. The summed E-state index contributed by atoms with van der Waals surface area (Å²) in [4.78, 5) is 20.4. The summed E-state index contributed by atoms with van der Waals surface area (Å²) in [5.74, 6) is 1.90. The summed E-state index contributed by atoms with van der Waals surface area (Å²) in [6.45, 7) is 0. The number of hydrogen-bond donors (Lipinski definition) is 0. The first kappa shape index (κ1) is 33.0. The third-order valence-corrected chi connectivity index (χ3v) is 11.9. The van der Waals surface area contributed by atoms with Crippen molar-refractivity contribution in [3.8, 4) is 67.7 Å². The molecule has 0 saturated carbocycles. The van der Waals surface area contributed by atoms with Crippen molar-refractivity contribution in [1.29, 1.82) is 0 Å². The third-order valence-electron chi connectivity index (χ3n) is 10.7. The molecule has 0 aliphatic carbocycles. The van der Waals surface area contributed by atoms with E-state index < -0.39 is 0 Å². The van der Waals surface area contributed by atoms with Gasteiger partial charge < -0.3 is 0 Å². The monoisotopic (exact) mass is 744 g/mol. The average Bonchev–Trinajstić information content (AvgIpc) is 3.69. The van der Waals surface area contributed by atoms with Gasteiger partial charge in [0.05, 0.1) is 15.9 Å². The van der Waals surface area contributed by atoms with Crippen molar-refractivity contribution >= 4 is 53.2 Å². The number of hydrogen-bond acceptors (Lipinski definition) is 5. The molecule has 0 saturated heterocycles. The van der Waals surface area contributed by atoms with Crippen molar-refractivity contribution in [2.45, 2.75) is 0 Å². The summed E-state index contributed by atoms with van der Waals surface area (Å²) < 4.78 is 2.48. The van der Waals surface area contributed by atoms with Crippen molar-refractivity contribution in [3.05, 3.63) is 194 Å². The van der Waals surface area contributed by atoms with Crippen LogP contribution in [-0.2, 0) is 0 Å². The second kappa shape index (κ2) is 13.7. The number of thiophene rings is 1. The van der Waals surface area contributed by atoms with Gasteiger partial charge in [0, 0.05) is 43.1 Å². The van der Waals surface area contributed by atoms with Gasteiger partial charge >= 0.3 is 0 Å². The van der Waals surface area contributed by atoms with Crippen molar-refractivity contribution < 1.29 is 0 Å². The SMILES string of the molecule is c1ccc(-c2cccc(-c3nc(-c4ccccc4)nc(-c4ccc(-c5cccc(-c6nc7ccc8ccccc8c7c7c6sc6ccccc67)c5)cc4)n3)c2)cc1. The predicted octanol–water partition coefficient (Wildman–Crippen LogP) is 13.9. The lowest BCUT2D eigenvalue weighted by Crippen LogP contribution is -2.00. The first-order chi connectivity index (χ1) is 28.2. The molecule has 3 aromatic heterocycles. The van der Waals surface area contributed by atoms with E-state index >= 15 is 0 Å². The second-order valence-corrected chi connectivity index (χ2v) is 15.3. The Hall–Kier alpha value is -7.34. The molecule has 4 nitrogen and oxygen atoms in total. The molecule has 11 rings (SSSR count). The van der Waals surface area contributed by atoms with Crippen LogP contribution in [0.4, 0.5) is 0 Å². The summed E-state index contributed by atoms with van der Waals surface area (Å²) >= 11 is 1.82. The molecule has 0 radical (unpaired) electrons. The second-order valence-electron chi connectivity index (χ2n) is 14.2. The van der Waals surface area contributed by atoms with Crippen LogP contribution < -0.4 is 0 Å². The Labute approximate surface area is 333 Å². The molecule has 3 heterocycles. The van der Waals surface area contributed by atoms with E-state index in [1.165, 1.54) is 36.3 Å². The Bertz CT molecular complexity index is 3280. The van der Waals surface area contributed by atoms with Crippen LogP contribution in [0.1, 0.15) is 0 Å². The normalized spacial score (nSPS) is 11.5. The van der Waals surface area contributed by atoms with E-state index in [2.05, 4.69) is 158 Å². The molecular weight excluding hydrogens is 713 g/mol. The Morgan fingerprint density at radius 1 is 0.316 bits per heavy atom. The molecule has 11 aromatic rings. The van der Waals surface area contributed by atoms with Gasteiger partial charge in [-0.1, -0.05) is 170 Å². The molecule has 0 aliphatic heterocycles. The molecule has 5 heteroatoms. The summed E-state index contributed by atoms with van der Waals surface area (Å²) in [6, 6.07) is 67.9. The largest absolute Gasteiger partial charge is 0.246 e. The number of nitrogens with zero attached hydrogens (tertiary/aromatic N) is 4. The van der Waals surface area contributed by atoms with Crippen molar-refractivity contribution in [3.63, 3.8) is 0 Å². The molecule has 0 N–H and O–H groups in total. The van der Waals surface area contributed by atoms with Crippen LogP contribution in [0.2, 0.25) is 0 Å². The van der Waals surface area contributed by atoms with E-state index in [4.69, 9.17) is 19.9 Å². The smallest absolute Gasteiger partial charge is 0.164 e. The molecule has 0 amide bonds. The minimum atomic E-state index is 0.629.